The molecule has 0 amide bonds. The van der Waals surface area contributed by atoms with Gasteiger partial charge in [0.2, 0.25) is 0 Å². The van der Waals surface area contributed by atoms with Crippen LogP contribution in [-0.2, 0) is 0 Å². The molecule has 0 nitrogen and oxygen atoms in total. The minimum absolute atomic E-state index is 0.535. The number of rotatable bonds is 3. The van der Waals surface area contributed by atoms with Crippen LogP contribution in [0.5, 0.6) is 0 Å². The van der Waals surface area contributed by atoms with E-state index in [0.717, 1.165) is 5.88 Å². The maximum atomic E-state index is 5.63. The molecule has 1 atom stereocenters. The van der Waals surface area contributed by atoms with Gasteiger partial charge in [0.15, 0.2) is 0 Å². The van der Waals surface area contributed by atoms with Crippen molar-refractivity contribution in [1.29, 1.82) is 0 Å². The van der Waals surface area contributed by atoms with E-state index in [1.54, 1.807) is 0 Å². The second-order valence-corrected chi connectivity index (χ2v) is 5.95. The fourth-order valence-electron chi connectivity index (χ4n) is 0.513. The van der Waals surface area contributed by atoms with Gasteiger partial charge in [-0.05, 0) is 5.54 Å². The Morgan fingerprint density at radius 1 is 1.75 bits per heavy atom. The number of hydrogen-bond acceptors (Lipinski definition) is 0. The molecule has 0 aromatic carbocycles. The molecule has 1 unspecified atom stereocenters. The minimum atomic E-state index is -0.535. The molecule has 0 aromatic rings. The van der Waals surface area contributed by atoms with Gasteiger partial charge in [-0.1, -0.05) is 19.2 Å². The zero-order valence-electron chi connectivity index (χ0n) is 5.52. The Morgan fingerprint density at radius 3 is 2.25 bits per heavy atom. The van der Waals surface area contributed by atoms with Gasteiger partial charge in [0.1, 0.15) is 0 Å². The van der Waals surface area contributed by atoms with E-state index in [0.29, 0.717) is 5.54 Å². The van der Waals surface area contributed by atoms with Crippen molar-refractivity contribution in [1.82, 2.24) is 0 Å². The highest BCUT2D eigenvalue weighted by atomic mass is 35.5. The molecule has 0 aromatic heterocycles. The lowest BCUT2D eigenvalue weighted by Crippen LogP contribution is -2.10. The largest absolute Gasteiger partial charge is 0.126 e. The quantitative estimate of drug-likeness (QED) is 0.327. The lowest BCUT2D eigenvalue weighted by Gasteiger charge is -2.09. The minimum Gasteiger partial charge on any atom is -0.126 e. The molecule has 8 heavy (non-hydrogen) atoms. The molecule has 2 heteroatoms. The SMILES string of the molecule is C=CC(CCl)[SiH](C)C. The van der Waals surface area contributed by atoms with Gasteiger partial charge in [-0.15, -0.1) is 18.2 Å². The van der Waals surface area contributed by atoms with Crippen molar-refractivity contribution >= 4 is 20.4 Å². The van der Waals surface area contributed by atoms with Crippen LogP contribution in [0.3, 0.4) is 0 Å². The predicted molar refractivity (Wildman–Crippen MR) is 43.5 cm³/mol. The molecule has 0 bridgehead atoms. The van der Waals surface area contributed by atoms with Crippen LogP contribution < -0.4 is 0 Å². The summed E-state index contributed by atoms with van der Waals surface area (Å²) >= 11 is 5.63. The summed E-state index contributed by atoms with van der Waals surface area (Å²) in [5.74, 6) is 0.757. The van der Waals surface area contributed by atoms with E-state index in [-0.39, 0.29) is 0 Å². The Hall–Kier alpha value is 0.247. The Morgan fingerprint density at radius 2 is 2.25 bits per heavy atom. The van der Waals surface area contributed by atoms with Crippen molar-refractivity contribution in [3.63, 3.8) is 0 Å². The highest BCUT2D eigenvalue weighted by molar-refractivity contribution is 6.59. The summed E-state index contributed by atoms with van der Waals surface area (Å²) in [5, 5.41) is 0. The summed E-state index contributed by atoms with van der Waals surface area (Å²) in [4.78, 5) is 0. The summed E-state index contributed by atoms with van der Waals surface area (Å²) in [7, 11) is -0.535. The van der Waals surface area contributed by atoms with Crippen LogP contribution in [0.2, 0.25) is 18.6 Å². The van der Waals surface area contributed by atoms with Crippen LogP contribution in [0.15, 0.2) is 12.7 Å². The molecule has 0 aliphatic carbocycles. The molecule has 48 valence electrons. The summed E-state index contributed by atoms with van der Waals surface area (Å²) < 4.78 is 0. The third-order valence-corrected chi connectivity index (χ3v) is 4.21. The number of halogens is 1. The monoisotopic (exact) mass is 148 g/mol. The standard InChI is InChI=1S/C6H13ClSi/c1-4-6(5-7)8(2)3/h4,6,8H,1,5H2,2-3H3. The number of hydrogen-bond donors (Lipinski definition) is 0. The second-order valence-electron chi connectivity index (χ2n) is 2.30. The summed E-state index contributed by atoms with van der Waals surface area (Å²) in [5.41, 5.74) is 0.622. The van der Waals surface area contributed by atoms with Crippen molar-refractivity contribution in [3.8, 4) is 0 Å². The molecule has 0 rings (SSSR count). The van der Waals surface area contributed by atoms with Crippen molar-refractivity contribution < 1.29 is 0 Å². The second kappa shape index (κ2) is 4.16. The van der Waals surface area contributed by atoms with Crippen molar-refractivity contribution in [2.24, 2.45) is 0 Å². The van der Waals surface area contributed by atoms with E-state index in [1.165, 1.54) is 0 Å². The molecular weight excluding hydrogens is 136 g/mol. The summed E-state index contributed by atoms with van der Waals surface area (Å²) in [6.45, 7) is 8.28. The van der Waals surface area contributed by atoms with Crippen molar-refractivity contribution in [2.45, 2.75) is 18.6 Å². The molecule has 0 fully saturated rings. The van der Waals surface area contributed by atoms with Gasteiger partial charge < -0.3 is 0 Å². The van der Waals surface area contributed by atoms with Crippen LogP contribution in [0.25, 0.3) is 0 Å². The molecule has 0 saturated heterocycles. The molecule has 0 radical (unpaired) electrons. The van der Waals surface area contributed by atoms with E-state index in [2.05, 4.69) is 19.7 Å². The summed E-state index contributed by atoms with van der Waals surface area (Å²) in [6, 6.07) is 0. The topological polar surface area (TPSA) is 0 Å². The Bertz CT molecular complexity index is 70.9. The first kappa shape index (κ1) is 8.25. The number of allylic oxidation sites excluding steroid dienone is 1. The smallest absolute Gasteiger partial charge is 0.0395 e. The van der Waals surface area contributed by atoms with Crippen LogP contribution in [0.1, 0.15) is 0 Å². The fraction of sp³-hybridized carbons (Fsp3) is 0.667. The van der Waals surface area contributed by atoms with Gasteiger partial charge in [-0.3, -0.25) is 0 Å². The van der Waals surface area contributed by atoms with Gasteiger partial charge >= 0.3 is 0 Å². The highest BCUT2D eigenvalue weighted by Crippen LogP contribution is 2.12. The van der Waals surface area contributed by atoms with Gasteiger partial charge in [-0.2, -0.15) is 0 Å². The van der Waals surface area contributed by atoms with Crippen molar-refractivity contribution in [3.05, 3.63) is 12.7 Å². The highest BCUT2D eigenvalue weighted by Gasteiger charge is 2.06. The van der Waals surface area contributed by atoms with Crippen LogP contribution in [-0.4, -0.2) is 14.7 Å². The van der Waals surface area contributed by atoms with Gasteiger partial charge in [0, 0.05) is 14.7 Å². The third-order valence-electron chi connectivity index (χ3n) is 1.34. The number of alkyl halides is 1. The van der Waals surface area contributed by atoms with Crippen molar-refractivity contribution in [2.75, 3.05) is 5.88 Å². The van der Waals surface area contributed by atoms with Gasteiger partial charge in [0.05, 0.1) is 0 Å². The van der Waals surface area contributed by atoms with E-state index in [1.807, 2.05) is 6.08 Å². The van der Waals surface area contributed by atoms with E-state index < -0.39 is 8.80 Å². The average Bonchev–Trinajstić information content (AvgIpc) is 1.69. The Kier molecular flexibility index (Phi) is 4.29. The van der Waals surface area contributed by atoms with Crippen LogP contribution >= 0.6 is 11.6 Å². The molecule has 0 heterocycles. The normalized spacial score (nSPS) is 14.0. The zero-order chi connectivity index (χ0) is 6.57. The molecule has 0 aliphatic rings. The lowest BCUT2D eigenvalue weighted by molar-refractivity contribution is 1.18. The first-order chi connectivity index (χ1) is 3.72. The molecule has 0 saturated carbocycles. The molecular formula is C6H13ClSi. The van der Waals surface area contributed by atoms with E-state index in [9.17, 15) is 0 Å². The molecule has 0 aliphatic heterocycles. The van der Waals surface area contributed by atoms with E-state index >= 15 is 0 Å². The lowest BCUT2D eigenvalue weighted by atomic mass is 10.5. The first-order valence-corrected chi connectivity index (χ1v) is 6.42. The van der Waals surface area contributed by atoms with Gasteiger partial charge in [-0.25, -0.2) is 0 Å². The summed E-state index contributed by atoms with van der Waals surface area (Å²) in [6.07, 6.45) is 1.98. The Labute approximate surface area is 58.2 Å². The van der Waals surface area contributed by atoms with Crippen LogP contribution in [0.4, 0.5) is 0 Å². The molecule has 0 N–H and O–H groups in total. The first-order valence-electron chi connectivity index (χ1n) is 2.91. The van der Waals surface area contributed by atoms with Crippen LogP contribution in [0, 0.1) is 0 Å². The fourth-order valence-corrected chi connectivity index (χ4v) is 2.61. The maximum Gasteiger partial charge on any atom is 0.0395 e. The molecule has 0 spiro atoms. The van der Waals surface area contributed by atoms with E-state index in [4.69, 9.17) is 11.6 Å². The third kappa shape index (κ3) is 2.53. The zero-order valence-corrected chi connectivity index (χ0v) is 7.43. The van der Waals surface area contributed by atoms with Gasteiger partial charge in [0.25, 0.3) is 0 Å². The maximum absolute atomic E-state index is 5.63. The average molecular weight is 149 g/mol. The predicted octanol–water partition coefficient (Wildman–Crippen LogP) is 2.27. The Balaban J connectivity index is 3.51.